The van der Waals surface area contributed by atoms with E-state index in [4.69, 9.17) is 14.5 Å². The van der Waals surface area contributed by atoms with Crippen molar-refractivity contribution < 1.29 is 14.3 Å². The van der Waals surface area contributed by atoms with E-state index in [0.29, 0.717) is 18.1 Å². The Bertz CT molecular complexity index is 983. The second-order valence-corrected chi connectivity index (χ2v) is 7.36. The minimum atomic E-state index is 0.0738. The number of carbonyl (C=O) groups is 1. The van der Waals surface area contributed by atoms with Crippen molar-refractivity contribution in [3.05, 3.63) is 54.0 Å². The van der Waals surface area contributed by atoms with Gasteiger partial charge in [-0.3, -0.25) is 4.79 Å². The lowest BCUT2D eigenvalue weighted by Gasteiger charge is -2.17. The van der Waals surface area contributed by atoms with Gasteiger partial charge >= 0.3 is 0 Å². The molecule has 1 amide bonds. The van der Waals surface area contributed by atoms with Crippen LogP contribution in [0.25, 0.3) is 11.2 Å². The third-order valence-electron chi connectivity index (χ3n) is 5.48. The van der Waals surface area contributed by atoms with Gasteiger partial charge in [-0.15, -0.1) is 0 Å². The minimum Gasteiger partial charge on any atom is -0.497 e. The number of fused-ring (bicyclic) bond motifs is 1. The van der Waals surface area contributed by atoms with Crippen molar-refractivity contribution in [2.24, 2.45) is 5.92 Å². The number of ether oxygens (including phenoxy) is 2. The lowest BCUT2D eigenvalue weighted by molar-refractivity contribution is 0.0787. The first-order chi connectivity index (χ1) is 14.2. The lowest BCUT2D eigenvalue weighted by Crippen LogP contribution is -2.29. The second kappa shape index (κ2) is 8.61. The summed E-state index contributed by atoms with van der Waals surface area (Å²) in [6.07, 6.45) is 3.59. The Morgan fingerprint density at radius 2 is 2.03 bits per heavy atom. The summed E-state index contributed by atoms with van der Waals surface area (Å²) in [5.74, 6) is 2.23. The van der Waals surface area contributed by atoms with Crippen LogP contribution in [0.4, 0.5) is 0 Å². The molecule has 7 nitrogen and oxygen atoms in total. The predicted molar refractivity (Wildman–Crippen MR) is 110 cm³/mol. The molecule has 3 heterocycles. The molecule has 1 aliphatic rings. The zero-order chi connectivity index (χ0) is 20.2. The Morgan fingerprint density at radius 1 is 1.21 bits per heavy atom. The molecular formula is C22H26N4O3. The zero-order valence-electron chi connectivity index (χ0n) is 16.9. The monoisotopic (exact) mass is 394 g/mol. The van der Waals surface area contributed by atoms with Crippen molar-refractivity contribution in [3.8, 4) is 5.75 Å². The molecule has 1 unspecified atom stereocenters. The highest BCUT2D eigenvalue weighted by Gasteiger charge is 2.28. The molecule has 1 atom stereocenters. The van der Waals surface area contributed by atoms with Gasteiger partial charge in [0.2, 0.25) is 0 Å². The number of nitrogens with zero attached hydrogens (tertiary/aromatic N) is 4. The average Bonchev–Trinajstić information content (AvgIpc) is 3.36. The van der Waals surface area contributed by atoms with E-state index < -0.39 is 0 Å². The van der Waals surface area contributed by atoms with Crippen LogP contribution in [0, 0.1) is 5.92 Å². The molecule has 1 fully saturated rings. The first-order valence-electron chi connectivity index (χ1n) is 9.92. The summed E-state index contributed by atoms with van der Waals surface area (Å²) in [6, 6.07) is 11.2. The van der Waals surface area contributed by atoms with Crippen LogP contribution in [-0.2, 0) is 17.7 Å². The van der Waals surface area contributed by atoms with E-state index in [9.17, 15) is 4.79 Å². The minimum absolute atomic E-state index is 0.0738. The molecule has 0 bridgehead atoms. The summed E-state index contributed by atoms with van der Waals surface area (Å²) >= 11 is 0. The Morgan fingerprint density at radius 3 is 2.79 bits per heavy atom. The van der Waals surface area contributed by atoms with Crippen LogP contribution in [0.1, 0.15) is 22.6 Å². The number of imidazole rings is 1. The van der Waals surface area contributed by atoms with Gasteiger partial charge in [0, 0.05) is 44.9 Å². The number of pyridine rings is 1. The standard InChI is InChI=1S/C22H26N4O3/c1-28-13-12-26-20(24-19-4-3-10-23-21(19)26)14-16-9-11-25(15-16)22(27)17-5-7-18(29-2)8-6-17/h3-8,10,16H,9,11-15H2,1-2H3. The maximum atomic E-state index is 12.8. The molecule has 4 rings (SSSR count). The van der Waals surface area contributed by atoms with Crippen LogP contribution >= 0.6 is 0 Å². The number of hydrogen-bond acceptors (Lipinski definition) is 5. The Hall–Kier alpha value is -2.93. The largest absolute Gasteiger partial charge is 0.497 e. The van der Waals surface area contributed by atoms with Crippen LogP contribution in [-0.4, -0.2) is 59.3 Å². The van der Waals surface area contributed by atoms with E-state index in [2.05, 4.69) is 9.55 Å². The van der Waals surface area contributed by atoms with Crippen molar-refractivity contribution >= 4 is 17.1 Å². The molecule has 29 heavy (non-hydrogen) atoms. The fraction of sp³-hybridized carbons (Fsp3) is 0.409. The van der Waals surface area contributed by atoms with Crippen LogP contribution in [0.3, 0.4) is 0 Å². The van der Waals surface area contributed by atoms with E-state index in [1.807, 2.05) is 41.3 Å². The highest BCUT2D eigenvalue weighted by molar-refractivity contribution is 5.94. The maximum absolute atomic E-state index is 12.8. The van der Waals surface area contributed by atoms with Gasteiger partial charge in [-0.05, 0) is 48.7 Å². The molecule has 1 saturated heterocycles. The van der Waals surface area contributed by atoms with Crippen LogP contribution in [0.5, 0.6) is 5.75 Å². The molecule has 2 aromatic heterocycles. The Labute approximate surface area is 170 Å². The van der Waals surface area contributed by atoms with Gasteiger partial charge in [-0.1, -0.05) is 0 Å². The van der Waals surface area contributed by atoms with Crippen molar-refractivity contribution in [2.45, 2.75) is 19.4 Å². The molecule has 0 saturated carbocycles. The van der Waals surface area contributed by atoms with Gasteiger partial charge in [0.15, 0.2) is 5.65 Å². The Balaban J connectivity index is 1.46. The number of likely N-dealkylation sites (tertiary alicyclic amines) is 1. The third kappa shape index (κ3) is 4.10. The SMILES string of the molecule is COCCn1c(CC2CCN(C(=O)c3ccc(OC)cc3)C2)nc2cccnc21. The molecule has 7 heteroatoms. The van der Waals surface area contributed by atoms with Gasteiger partial charge in [0.1, 0.15) is 17.1 Å². The fourth-order valence-electron chi connectivity index (χ4n) is 3.94. The molecule has 1 aromatic carbocycles. The van der Waals surface area contributed by atoms with E-state index in [1.165, 1.54) is 0 Å². The van der Waals surface area contributed by atoms with E-state index in [-0.39, 0.29) is 5.91 Å². The van der Waals surface area contributed by atoms with Gasteiger partial charge in [-0.2, -0.15) is 0 Å². The summed E-state index contributed by atoms with van der Waals surface area (Å²) in [5, 5.41) is 0. The summed E-state index contributed by atoms with van der Waals surface area (Å²) in [5.41, 5.74) is 2.49. The average molecular weight is 394 g/mol. The third-order valence-corrected chi connectivity index (χ3v) is 5.48. The maximum Gasteiger partial charge on any atom is 0.253 e. The summed E-state index contributed by atoms with van der Waals surface area (Å²) in [4.78, 5) is 24.1. The van der Waals surface area contributed by atoms with Crippen LogP contribution in [0.2, 0.25) is 0 Å². The molecule has 1 aliphatic heterocycles. The number of benzene rings is 1. The summed E-state index contributed by atoms with van der Waals surface area (Å²) < 4.78 is 12.6. The molecule has 0 N–H and O–H groups in total. The van der Waals surface area contributed by atoms with Gasteiger partial charge in [0.25, 0.3) is 5.91 Å². The zero-order valence-corrected chi connectivity index (χ0v) is 16.9. The smallest absolute Gasteiger partial charge is 0.253 e. The van der Waals surface area contributed by atoms with Gasteiger partial charge in [-0.25, -0.2) is 9.97 Å². The first kappa shape index (κ1) is 19.4. The fourth-order valence-corrected chi connectivity index (χ4v) is 3.94. The van der Waals surface area contributed by atoms with Crippen molar-refractivity contribution in [2.75, 3.05) is 33.9 Å². The van der Waals surface area contributed by atoms with Crippen molar-refractivity contribution in [1.82, 2.24) is 19.4 Å². The number of amides is 1. The molecular weight excluding hydrogens is 368 g/mol. The van der Waals surface area contributed by atoms with Crippen molar-refractivity contribution in [3.63, 3.8) is 0 Å². The predicted octanol–water partition coefficient (Wildman–Crippen LogP) is 2.79. The summed E-state index contributed by atoms with van der Waals surface area (Å²) in [7, 11) is 3.32. The number of rotatable bonds is 7. The highest BCUT2D eigenvalue weighted by atomic mass is 16.5. The second-order valence-electron chi connectivity index (χ2n) is 7.36. The number of hydrogen-bond donors (Lipinski definition) is 0. The molecule has 0 spiro atoms. The molecule has 3 aromatic rings. The van der Waals surface area contributed by atoms with Crippen LogP contribution < -0.4 is 4.74 Å². The van der Waals surface area contributed by atoms with E-state index in [0.717, 1.165) is 55.2 Å². The normalized spacial score (nSPS) is 16.5. The summed E-state index contributed by atoms with van der Waals surface area (Å²) in [6.45, 7) is 2.85. The highest BCUT2D eigenvalue weighted by Crippen LogP contribution is 2.24. The lowest BCUT2D eigenvalue weighted by atomic mass is 10.0. The first-order valence-corrected chi connectivity index (χ1v) is 9.92. The van der Waals surface area contributed by atoms with Crippen molar-refractivity contribution in [1.29, 1.82) is 0 Å². The number of methoxy groups -OCH3 is 2. The molecule has 0 aliphatic carbocycles. The topological polar surface area (TPSA) is 69.5 Å². The van der Waals surface area contributed by atoms with E-state index in [1.54, 1.807) is 20.4 Å². The molecule has 152 valence electrons. The number of aromatic nitrogens is 3. The Kier molecular flexibility index (Phi) is 5.76. The quantitative estimate of drug-likeness (QED) is 0.616. The van der Waals surface area contributed by atoms with Gasteiger partial charge < -0.3 is 18.9 Å². The van der Waals surface area contributed by atoms with Crippen LogP contribution in [0.15, 0.2) is 42.6 Å². The number of carbonyl (C=O) groups excluding carboxylic acids is 1. The van der Waals surface area contributed by atoms with Gasteiger partial charge in [0.05, 0.1) is 13.7 Å². The molecule has 0 radical (unpaired) electrons. The van der Waals surface area contributed by atoms with E-state index >= 15 is 0 Å².